The molecule has 3 nitrogen and oxygen atoms in total. The van der Waals surface area contributed by atoms with E-state index < -0.39 is 14.4 Å². The minimum atomic E-state index is -1.83. The van der Waals surface area contributed by atoms with E-state index in [1.165, 1.54) is 0 Å². The lowest BCUT2D eigenvalue weighted by molar-refractivity contribution is 0.0423. The van der Waals surface area contributed by atoms with Crippen molar-refractivity contribution in [2.24, 2.45) is 0 Å². The van der Waals surface area contributed by atoms with Gasteiger partial charge in [-0.15, -0.1) is 11.8 Å². The third-order valence-electron chi connectivity index (χ3n) is 3.72. The maximum absolute atomic E-state index is 10.0. The van der Waals surface area contributed by atoms with E-state index in [0.29, 0.717) is 19.3 Å². The van der Waals surface area contributed by atoms with Gasteiger partial charge in [0, 0.05) is 19.4 Å². The molecule has 112 valence electrons. The van der Waals surface area contributed by atoms with Gasteiger partial charge >= 0.3 is 0 Å². The molecule has 0 aromatic carbocycles. The smallest absolute Gasteiger partial charge is 0.192 e. The highest BCUT2D eigenvalue weighted by molar-refractivity contribution is 6.74. The van der Waals surface area contributed by atoms with Crippen molar-refractivity contribution in [2.75, 3.05) is 6.61 Å². The van der Waals surface area contributed by atoms with Crippen molar-refractivity contribution >= 4 is 8.32 Å². The summed E-state index contributed by atoms with van der Waals surface area (Å²) >= 11 is 0. The van der Waals surface area contributed by atoms with E-state index in [1.54, 1.807) is 0 Å². The quantitative estimate of drug-likeness (QED) is 0.448. The molecule has 0 aliphatic carbocycles. The van der Waals surface area contributed by atoms with Crippen molar-refractivity contribution in [1.29, 1.82) is 0 Å². The average molecular weight is 286 g/mol. The van der Waals surface area contributed by atoms with E-state index in [0.717, 1.165) is 0 Å². The molecule has 0 radical (unpaired) electrons. The van der Waals surface area contributed by atoms with Crippen LogP contribution in [0.1, 0.15) is 47.0 Å². The molecule has 0 aromatic rings. The average Bonchev–Trinajstić information content (AvgIpc) is 2.26. The van der Waals surface area contributed by atoms with Gasteiger partial charge < -0.3 is 14.6 Å². The molecule has 4 heteroatoms. The highest BCUT2D eigenvalue weighted by atomic mass is 28.4. The number of aliphatic hydroxyl groups excluding tert-OH is 2. The van der Waals surface area contributed by atoms with Crippen molar-refractivity contribution in [3.8, 4) is 11.8 Å². The van der Waals surface area contributed by atoms with Crippen LogP contribution in [0.2, 0.25) is 18.1 Å². The number of hydrogen-bond donors (Lipinski definition) is 2. The van der Waals surface area contributed by atoms with Crippen LogP contribution in [0.5, 0.6) is 0 Å². The first-order valence-corrected chi connectivity index (χ1v) is 9.95. The van der Waals surface area contributed by atoms with E-state index in [2.05, 4.69) is 45.7 Å². The highest BCUT2D eigenvalue weighted by Crippen LogP contribution is 2.37. The van der Waals surface area contributed by atoms with Gasteiger partial charge in [0.25, 0.3) is 0 Å². The fourth-order valence-electron chi connectivity index (χ4n) is 1.32. The summed E-state index contributed by atoms with van der Waals surface area (Å²) in [7, 11) is -1.83. The zero-order valence-corrected chi connectivity index (χ0v) is 14.3. The molecule has 0 aliphatic rings. The van der Waals surface area contributed by atoms with E-state index in [1.807, 2.05) is 6.92 Å². The normalized spacial score (nSPS) is 15.6. The molecule has 19 heavy (non-hydrogen) atoms. The van der Waals surface area contributed by atoms with Gasteiger partial charge in [-0.1, -0.05) is 20.8 Å². The summed E-state index contributed by atoms with van der Waals surface area (Å²) in [5, 5.41) is 18.8. The monoisotopic (exact) mass is 286 g/mol. The van der Waals surface area contributed by atoms with Crippen molar-refractivity contribution in [3.05, 3.63) is 0 Å². The molecule has 0 saturated carbocycles. The van der Waals surface area contributed by atoms with Crippen LogP contribution in [-0.4, -0.2) is 37.3 Å². The fourth-order valence-corrected chi connectivity index (χ4v) is 2.76. The van der Waals surface area contributed by atoms with Crippen LogP contribution in [0.25, 0.3) is 0 Å². The summed E-state index contributed by atoms with van der Waals surface area (Å²) in [6.07, 6.45) is 1.07. The summed E-state index contributed by atoms with van der Waals surface area (Å²) in [6.45, 7) is 13.0. The Morgan fingerprint density at radius 1 is 1.21 bits per heavy atom. The number of rotatable bonds is 6. The van der Waals surface area contributed by atoms with Crippen molar-refractivity contribution in [3.63, 3.8) is 0 Å². The summed E-state index contributed by atoms with van der Waals surface area (Å²) in [4.78, 5) is 0. The molecule has 0 fully saturated rings. The van der Waals surface area contributed by atoms with Gasteiger partial charge in [-0.05, 0) is 31.5 Å². The van der Waals surface area contributed by atoms with Gasteiger partial charge in [0.15, 0.2) is 8.32 Å². The van der Waals surface area contributed by atoms with Crippen LogP contribution in [-0.2, 0) is 4.43 Å². The molecule has 0 spiro atoms. The minimum absolute atomic E-state index is 0.147. The molecule has 2 atom stereocenters. The molecular formula is C15H30O3Si. The fraction of sp³-hybridized carbons (Fsp3) is 0.867. The van der Waals surface area contributed by atoms with Crippen LogP contribution in [0.4, 0.5) is 0 Å². The van der Waals surface area contributed by atoms with Crippen LogP contribution in [0.3, 0.4) is 0 Å². The van der Waals surface area contributed by atoms with E-state index in [9.17, 15) is 5.11 Å². The Labute approximate surface area is 119 Å². The second-order valence-corrected chi connectivity index (χ2v) is 11.3. The molecule has 0 heterocycles. The maximum atomic E-state index is 10.0. The van der Waals surface area contributed by atoms with Gasteiger partial charge in [0.1, 0.15) is 0 Å². The summed E-state index contributed by atoms with van der Waals surface area (Å²) < 4.78 is 6.12. The van der Waals surface area contributed by atoms with Gasteiger partial charge in [-0.2, -0.15) is 0 Å². The molecule has 0 bridgehead atoms. The molecule has 2 N–H and O–H groups in total. The Bertz CT molecular complexity index is 310. The minimum Gasteiger partial charge on any atom is -0.412 e. The summed E-state index contributed by atoms with van der Waals surface area (Å²) in [5.41, 5.74) is 0. The first kappa shape index (κ1) is 18.7. The molecule has 0 aromatic heterocycles. The lowest BCUT2D eigenvalue weighted by Gasteiger charge is -2.39. The van der Waals surface area contributed by atoms with Crippen LogP contribution in [0, 0.1) is 11.8 Å². The zero-order valence-electron chi connectivity index (χ0n) is 13.3. The van der Waals surface area contributed by atoms with Crippen LogP contribution >= 0.6 is 0 Å². The van der Waals surface area contributed by atoms with Gasteiger partial charge in [-0.3, -0.25) is 0 Å². The molecule has 0 aliphatic heterocycles. The Kier molecular flexibility index (Phi) is 7.91. The predicted molar refractivity (Wildman–Crippen MR) is 82.5 cm³/mol. The first-order chi connectivity index (χ1) is 8.62. The summed E-state index contributed by atoms with van der Waals surface area (Å²) in [6, 6.07) is 0. The number of aliphatic hydroxyl groups is 2. The van der Waals surface area contributed by atoms with Crippen LogP contribution < -0.4 is 0 Å². The second kappa shape index (κ2) is 8.06. The molecule has 0 amide bonds. The predicted octanol–water partition coefficient (Wildman–Crippen LogP) is 2.92. The molecular weight excluding hydrogens is 256 g/mol. The number of unbranched alkanes of at least 4 members (excludes halogenated alkanes) is 1. The van der Waals surface area contributed by atoms with E-state index >= 15 is 0 Å². The topological polar surface area (TPSA) is 49.7 Å². The van der Waals surface area contributed by atoms with E-state index in [4.69, 9.17) is 9.53 Å². The Balaban J connectivity index is 4.26. The van der Waals surface area contributed by atoms with Gasteiger partial charge in [-0.25, -0.2) is 0 Å². The van der Waals surface area contributed by atoms with Crippen molar-refractivity contribution < 1.29 is 14.6 Å². The first-order valence-electron chi connectivity index (χ1n) is 7.04. The van der Waals surface area contributed by atoms with Crippen molar-refractivity contribution in [1.82, 2.24) is 0 Å². The largest absolute Gasteiger partial charge is 0.412 e. The Morgan fingerprint density at radius 3 is 2.26 bits per heavy atom. The summed E-state index contributed by atoms with van der Waals surface area (Å²) in [5.74, 6) is 5.90. The standard InChI is InChI=1S/C15H30O3Si/c1-13(18-19(5,6)15(2,3)4)14(17)11-9-7-8-10-12-16/h13-14,16-17H,8,10-12H2,1-6H3/t13-,14+/m1/s1. The van der Waals surface area contributed by atoms with Crippen molar-refractivity contribution in [2.45, 2.75) is 77.3 Å². The SMILES string of the molecule is C[C@@H](O[Si](C)(C)C(C)(C)C)[C@@H](O)CC#CCCCO. The second-order valence-electron chi connectivity index (χ2n) is 6.54. The van der Waals surface area contributed by atoms with E-state index in [-0.39, 0.29) is 17.7 Å². The van der Waals surface area contributed by atoms with Gasteiger partial charge in [0.05, 0.1) is 12.2 Å². The van der Waals surface area contributed by atoms with Gasteiger partial charge in [0.2, 0.25) is 0 Å². The lowest BCUT2D eigenvalue weighted by Crippen LogP contribution is -2.46. The highest BCUT2D eigenvalue weighted by Gasteiger charge is 2.39. The molecule has 0 unspecified atom stereocenters. The third-order valence-corrected chi connectivity index (χ3v) is 8.30. The lowest BCUT2D eigenvalue weighted by atomic mass is 10.1. The third kappa shape index (κ3) is 7.12. The molecule has 0 rings (SSSR count). The number of hydrogen-bond acceptors (Lipinski definition) is 3. The van der Waals surface area contributed by atoms with Crippen LogP contribution in [0.15, 0.2) is 0 Å². The maximum Gasteiger partial charge on any atom is 0.192 e. The molecule has 0 saturated heterocycles. The Hall–Kier alpha value is -0.343. The Morgan fingerprint density at radius 2 is 1.79 bits per heavy atom. The zero-order chi connectivity index (χ0) is 15.1.